The Balaban J connectivity index is 1.96. The Hall–Kier alpha value is -1.59. The number of benzene rings is 1. The minimum Gasteiger partial charge on any atom is -0.497 e. The van der Waals surface area contributed by atoms with Crippen LogP contribution in [0.25, 0.3) is 0 Å². The molecule has 0 aliphatic heterocycles. The van der Waals surface area contributed by atoms with Gasteiger partial charge in [-0.2, -0.15) is 0 Å². The van der Waals surface area contributed by atoms with Crippen LogP contribution < -0.4 is 4.74 Å². The number of ether oxygens (including phenoxy) is 2. The highest BCUT2D eigenvalue weighted by atomic mass is 16.6. The van der Waals surface area contributed by atoms with Crippen LogP contribution in [0.3, 0.4) is 0 Å². The normalized spacial score (nSPS) is 23.9. The summed E-state index contributed by atoms with van der Waals surface area (Å²) in [6.07, 6.45) is 0.286. The summed E-state index contributed by atoms with van der Waals surface area (Å²) in [5, 5.41) is 19.5. The molecule has 1 aromatic rings. The zero-order valence-electron chi connectivity index (χ0n) is 10.8. The summed E-state index contributed by atoms with van der Waals surface area (Å²) < 4.78 is 9.97. The largest absolute Gasteiger partial charge is 0.497 e. The topological polar surface area (TPSA) is 76.0 Å². The molecule has 104 valence electrons. The summed E-state index contributed by atoms with van der Waals surface area (Å²) in [5.41, 5.74) is 0.340. The molecule has 0 bridgehead atoms. The van der Waals surface area contributed by atoms with Crippen molar-refractivity contribution in [3.8, 4) is 5.75 Å². The molecule has 2 N–H and O–H groups in total. The van der Waals surface area contributed by atoms with Crippen molar-refractivity contribution in [2.45, 2.75) is 31.7 Å². The smallest absolute Gasteiger partial charge is 0.340 e. The molecule has 1 saturated carbocycles. The van der Waals surface area contributed by atoms with Crippen LogP contribution in [0.5, 0.6) is 5.75 Å². The molecule has 0 heterocycles. The Morgan fingerprint density at radius 1 is 1.32 bits per heavy atom. The SMILES string of the molecule is COc1ccc(C(=O)OC(O)[C@H]2CCC[C@@H]2O)cc1. The molecule has 5 heteroatoms. The van der Waals surface area contributed by atoms with E-state index in [2.05, 4.69) is 0 Å². The molecule has 0 amide bonds. The lowest BCUT2D eigenvalue weighted by molar-refractivity contribution is -0.118. The van der Waals surface area contributed by atoms with Crippen molar-refractivity contribution in [2.24, 2.45) is 5.92 Å². The highest BCUT2D eigenvalue weighted by molar-refractivity contribution is 5.89. The molecule has 19 heavy (non-hydrogen) atoms. The van der Waals surface area contributed by atoms with E-state index < -0.39 is 18.4 Å². The zero-order valence-corrected chi connectivity index (χ0v) is 10.8. The average Bonchev–Trinajstić information content (AvgIpc) is 2.85. The molecule has 5 nitrogen and oxygen atoms in total. The van der Waals surface area contributed by atoms with Gasteiger partial charge in [0.05, 0.1) is 18.8 Å². The highest BCUT2D eigenvalue weighted by Gasteiger charge is 2.33. The number of hydrogen-bond acceptors (Lipinski definition) is 5. The van der Waals surface area contributed by atoms with Gasteiger partial charge in [-0.1, -0.05) is 6.42 Å². The summed E-state index contributed by atoms with van der Waals surface area (Å²) >= 11 is 0. The predicted octanol–water partition coefficient (Wildman–Crippen LogP) is 1.33. The minimum atomic E-state index is -1.26. The van der Waals surface area contributed by atoms with Crippen molar-refractivity contribution in [3.05, 3.63) is 29.8 Å². The third-order valence-electron chi connectivity index (χ3n) is 3.45. The van der Waals surface area contributed by atoms with E-state index in [4.69, 9.17) is 9.47 Å². The lowest BCUT2D eigenvalue weighted by Gasteiger charge is -2.21. The first-order chi connectivity index (χ1) is 9.11. The van der Waals surface area contributed by atoms with Gasteiger partial charge in [0, 0.05) is 5.92 Å². The van der Waals surface area contributed by atoms with E-state index in [9.17, 15) is 15.0 Å². The number of methoxy groups -OCH3 is 1. The van der Waals surface area contributed by atoms with Crippen LogP contribution in [0.15, 0.2) is 24.3 Å². The summed E-state index contributed by atoms with van der Waals surface area (Å²) in [5.74, 6) is -0.347. The summed E-state index contributed by atoms with van der Waals surface area (Å²) in [6, 6.07) is 6.43. The number of hydrogen-bond donors (Lipinski definition) is 2. The van der Waals surface area contributed by atoms with E-state index in [1.165, 1.54) is 0 Å². The van der Waals surface area contributed by atoms with Crippen LogP contribution in [-0.4, -0.2) is 35.7 Å². The van der Waals surface area contributed by atoms with E-state index in [0.717, 1.165) is 6.42 Å². The first kappa shape index (κ1) is 13.8. The molecular formula is C14H18O5. The molecular weight excluding hydrogens is 248 g/mol. The van der Waals surface area contributed by atoms with Gasteiger partial charge in [0.1, 0.15) is 5.75 Å². The lowest BCUT2D eigenvalue weighted by Crippen LogP contribution is -2.31. The maximum atomic E-state index is 11.8. The molecule has 3 atom stereocenters. The van der Waals surface area contributed by atoms with Crippen LogP contribution in [0.4, 0.5) is 0 Å². The van der Waals surface area contributed by atoms with Gasteiger partial charge in [0.15, 0.2) is 0 Å². The van der Waals surface area contributed by atoms with Crippen LogP contribution >= 0.6 is 0 Å². The van der Waals surface area contributed by atoms with Gasteiger partial charge in [-0.3, -0.25) is 0 Å². The van der Waals surface area contributed by atoms with Gasteiger partial charge in [0.25, 0.3) is 0 Å². The van der Waals surface area contributed by atoms with E-state index >= 15 is 0 Å². The molecule has 0 spiro atoms. The Labute approximate surface area is 111 Å². The van der Waals surface area contributed by atoms with Crippen LogP contribution in [0.1, 0.15) is 29.6 Å². The standard InChI is InChI=1S/C14H18O5/c1-18-10-7-5-9(6-8-10)13(16)19-14(17)11-3-2-4-12(11)15/h5-8,11-12,14-15,17H,2-4H2,1H3/t11-,12-,14?/m0/s1. The Kier molecular flexibility index (Phi) is 4.39. The van der Waals surface area contributed by atoms with Crippen LogP contribution in [-0.2, 0) is 4.74 Å². The predicted molar refractivity (Wildman–Crippen MR) is 67.8 cm³/mol. The molecule has 0 aromatic heterocycles. The number of carbonyl (C=O) groups excluding carboxylic acids is 1. The maximum Gasteiger partial charge on any atom is 0.340 e. The molecule has 2 rings (SSSR count). The fourth-order valence-corrected chi connectivity index (χ4v) is 2.29. The van der Waals surface area contributed by atoms with E-state index in [1.54, 1.807) is 31.4 Å². The minimum absolute atomic E-state index is 0.340. The Morgan fingerprint density at radius 3 is 2.53 bits per heavy atom. The van der Waals surface area contributed by atoms with Gasteiger partial charge >= 0.3 is 5.97 Å². The number of aliphatic hydroxyl groups excluding tert-OH is 2. The van der Waals surface area contributed by atoms with Gasteiger partial charge in [-0.25, -0.2) is 4.79 Å². The second kappa shape index (κ2) is 6.04. The molecule has 0 saturated heterocycles. The van der Waals surface area contributed by atoms with Gasteiger partial charge in [-0.05, 0) is 37.1 Å². The van der Waals surface area contributed by atoms with Crippen molar-refractivity contribution in [1.82, 2.24) is 0 Å². The Morgan fingerprint density at radius 2 is 2.00 bits per heavy atom. The molecule has 0 radical (unpaired) electrons. The monoisotopic (exact) mass is 266 g/mol. The van der Waals surface area contributed by atoms with E-state index in [-0.39, 0.29) is 5.92 Å². The second-order valence-electron chi connectivity index (χ2n) is 4.69. The first-order valence-electron chi connectivity index (χ1n) is 6.33. The number of esters is 1. The second-order valence-corrected chi connectivity index (χ2v) is 4.69. The molecule has 1 unspecified atom stereocenters. The number of aliphatic hydroxyl groups is 2. The number of rotatable bonds is 4. The quantitative estimate of drug-likeness (QED) is 0.635. The molecule has 1 aliphatic rings. The van der Waals surface area contributed by atoms with Crippen molar-refractivity contribution in [1.29, 1.82) is 0 Å². The van der Waals surface area contributed by atoms with Crippen LogP contribution in [0.2, 0.25) is 0 Å². The van der Waals surface area contributed by atoms with Crippen molar-refractivity contribution in [3.63, 3.8) is 0 Å². The fraction of sp³-hybridized carbons (Fsp3) is 0.500. The van der Waals surface area contributed by atoms with Crippen molar-refractivity contribution in [2.75, 3.05) is 7.11 Å². The average molecular weight is 266 g/mol. The maximum absolute atomic E-state index is 11.8. The van der Waals surface area contributed by atoms with Crippen molar-refractivity contribution < 1.29 is 24.5 Å². The fourth-order valence-electron chi connectivity index (χ4n) is 2.29. The van der Waals surface area contributed by atoms with Gasteiger partial charge < -0.3 is 19.7 Å². The van der Waals surface area contributed by atoms with Gasteiger partial charge in [0.2, 0.25) is 6.29 Å². The van der Waals surface area contributed by atoms with Crippen molar-refractivity contribution >= 4 is 5.97 Å². The molecule has 1 fully saturated rings. The zero-order chi connectivity index (χ0) is 13.8. The van der Waals surface area contributed by atoms with E-state index in [0.29, 0.717) is 24.2 Å². The highest BCUT2D eigenvalue weighted by Crippen LogP contribution is 2.29. The van der Waals surface area contributed by atoms with Gasteiger partial charge in [-0.15, -0.1) is 0 Å². The van der Waals surface area contributed by atoms with Crippen LogP contribution in [0, 0.1) is 5.92 Å². The first-order valence-corrected chi connectivity index (χ1v) is 6.33. The third-order valence-corrected chi connectivity index (χ3v) is 3.45. The molecule has 1 aliphatic carbocycles. The summed E-state index contributed by atoms with van der Waals surface area (Å²) in [6.45, 7) is 0. The Bertz CT molecular complexity index is 428. The lowest BCUT2D eigenvalue weighted by atomic mass is 10.1. The van der Waals surface area contributed by atoms with E-state index in [1.807, 2.05) is 0 Å². The summed E-state index contributed by atoms with van der Waals surface area (Å²) in [4.78, 5) is 11.8. The third kappa shape index (κ3) is 3.24. The number of carbonyl (C=O) groups is 1. The summed E-state index contributed by atoms with van der Waals surface area (Å²) in [7, 11) is 1.54. The molecule has 1 aromatic carbocycles.